The van der Waals surface area contributed by atoms with Gasteiger partial charge in [0, 0.05) is 17.7 Å². The van der Waals surface area contributed by atoms with E-state index in [1.807, 2.05) is 0 Å². The van der Waals surface area contributed by atoms with Crippen LogP contribution >= 0.6 is 11.3 Å². The van der Waals surface area contributed by atoms with Crippen LogP contribution in [-0.2, 0) is 11.2 Å². The van der Waals surface area contributed by atoms with Crippen molar-refractivity contribution in [3.63, 3.8) is 0 Å². The van der Waals surface area contributed by atoms with Crippen molar-refractivity contribution in [2.45, 2.75) is 38.5 Å². The van der Waals surface area contributed by atoms with Gasteiger partial charge in [0.2, 0.25) is 5.91 Å². The lowest BCUT2D eigenvalue weighted by molar-refractivity contribution is -0.116. The Bertz CT molecular complexity index is 599. The van der Waals surface area contributed by atoms with E-state index in [2.05, 4.69) is 46.9 Å². The van der Waals surface area contributed by atoms with E-state index < -0.39 is 0 Å². The van der Waals surface area contributed by atoms with Gasteiger partial charge in [-0.15, -0.1) is 11.3 Å². The van der Waals surface area contributed by atoms with E-state index in [9.17, 15) is 4.79 Å². The Kier molecular flexibility index (Phi) is 3.83. The lowest BCUT2D eigenvalue weighted by Crippen LogP contribution is -2.12. The Hall–Kier alpha value is -1.68. The SMILES string of the molecule is Cc1ccc(CCC(=O)Nc2nc(C3CC3)cs2)cc1. The molecule has 0 atom stereocenters. The molecule has 3 nitrogen and oxygen atoms in total. The topological polar surface area (TPSA) is 42.0 Å². The molecule has 1 saturated carbocycles. The molecule has 0 unspecified atom stereocenters. The zero-order chi connectivity index (χ0) is 13.9. The molecule has 1 aliphatic rings. The highest BCUT2D eigenvalue weighted by Gasteiger charge is 2.26. The van der Waals surface area contributed by atoms with Gasteiger partial charge in [0.25, 0.3) is 0 Å². The monoisotopic (exact) mass is 286 g/mol. The molecule has 2 aromatic rings. The summed E-state index contributed by atoms with van der Waals surface area (Å²) >= 11 is 1.53. The van der Waals surface area contributed by atoms with Gasteiger partial charge in [0.05, 0.1) is 5.69 Å². The molecule has 1 aromatic carbocycles. The van der Waals surface area contributed by atoms with Crippen LogP contribution < -0.4 is 5.32 Å². The largest absolute Gasteiger partial charge is 0.302 e. The third-order valence-electron chi connectivity index (χ3n) is 3.53. The second-order valence-electron chi connectivity index (χ2n) is 5.39. The fourth-order valence-electron chi connectivity index (χ4n) is 2.10. The molecule has 1 amide bonds. The van der Waals surface area contributed by atoms with E-state index >= 15 is 0 Å². The lowest BCUT2D eigenvalue weighted by Gasteiger charge is -2.03. The summed E-state index contributed by atoms with van der Waals surface area (Å²) in [5.41, 5.74) is 3.58. The summed E-state index contributed by atoms with van der Waals surface area (Å²) in [5, 5.41) is 5.69. The van der Waals surface area contributed by atoms with Gasteiger partial charge in [-0.1, -0.05) is 29.8 Å². The van der Waals surface area contributed by atoms with Crippen molar-refractivity contribution in [3.8, 4) is 0 Å². The number of nitrogens with zero attached hydrogens (tertiary/aromatic N) is 1. The maximum absolute atomic E-state index is 11.9. The number of carbonyl (C=O) groups is 1. The first kappa shape index (κ1) is 13.3. The number of amides is 1. The maximum atomic E-state index is 11.9. The van der Waals surface area contributed by atoms with Gasteiger partial charge in [0.1, 0.15) is 0 Å². The van der Waals surface area contributed by atoms with Gasteiger partial charge >= 0.3 is 0 Å². The number of carbonyl (C=O) groups excluding carboxylic acids is 1. The summed E-state index contributed by atoms with van der Waals surface area (Å²) < 4.78 is 0. The summed E-state index contributed by atoms with van der Waals surface area (Å²) in [7, 11) is 0. The minimum Gasteiger partial charge on any atom is -0.302 e. The number of aryl methyl sites for hydroxylation is 2. The number of hydrogen-bond acceptors (Lipinski definition) is 3. The first-order valence-corrected chi connectivity index (χ1v) is 7.89. The van der Waals surface area contributed by atoms with Crippen LogP contribution in [0, 0.1) is 6.92 Å². The Morgan fingerprint density at radius 3 is 2.80 bits per heavy atom. The van der Waals surface area contributed by atoms with Gasteiger partial charge in [-0.05, 0) is 31.7 Å². The predicted octanol–water partition coefficient (Wildman–Crippen LogP) is 3.90. The van der Waals surface area contributed by atoms with Crippen molar-refractivity contribution in [2.75, 3.05) is 5.32 Å². The maximum Gasteiger partial charge on any atom is 0.226 e. The average molecular weight is 286 g/mol. The van der Waals surface area contributed by atoms with E-state index in [-0.39, 0.29) is 5.91 Å². The Balaban J connectivity index is 1.49. The highest BCUT2D eigenvalue weighted by Crippen LogP contribution is 2.40. The molecule has 1 aliphatic carbocycles. The van der Waals surface area contributed by atoms with Crippen LogP contribution in [0.2, 0.25) is 0 Å². The predicted molar refractivity (Wildman–Crippen MR) is 82.2 cm³/mol. The number of nitrogens with one attached hydrogen (secondary N) is 1. The van der Waals surface area contributed by atoms with Crippen LogP contribution in [0.3, 0.4) is 0 Å². The zero-order valence-corrected chi connectivity index (χ0v) is 12.4. The van der Waals surface area contributed by atoms with Gasteiger partial charge in [-0.2, -0.15) is 0 Å². The molecule has 1 fully saturated rings. The van der Waals surface area contributed by atoms with Crippen LogP contribution in [0.5, 0.6) is 0 Å². The number of benzene rings is 1. The first-order chi connectivity index (χ1) is 9.70. The zero-order valence-electron chi connectivity index (χ0n) is 11.6. The van der Waals surface area contributed by atoms with Crippen LogP contribution in [0.1, 0.15) is 42.0 Å². The summed E-state index contributed by atoms with van der Waals surface area (Å²) in [5.74, 6) is 0.687. The van der Waals surface area contributed by atoms with E-state index in [4.69, 9.17) is 0 Å². The van der Waals surface area contributed by atoms with Crippen LogP contribution in [0.15, 0.2) is 29.6 Å². The highest BCUT2D eigenvalue weighted by atomic mass is 32.1. The summed E-state index contributed by atoms with van der Waals surface area (Å²) in [6.45, 7) is 2.07. The Labute approximate surface area is 123 Å². The molecule has 0 radical (unpaired) electrons. The van der Waals surface area contributed by atoms with Gasteiger partial charge < -0.3 is 5.32 Å². The molecule has 0 bridgehead atoms. The molecule has 4 heteroatoms. The molecule has 0 spiro atoms. The molecule has 20 heavy (non-hydrogen) atoms. The summed E-state index contributed by atoms with van der Waals surface area (Å²) in [6.07, 6.45) is 3.75. The number of aromatic nitrogens is 1. The van der Waals surface area contributed by atoms with Crippen LogP contribution in [-0.4, -0.2) is 10.9 Å². The van der Waals surface area contributed by atoms with E-state index in [1.54, 1.807) is 0 Å². The highest BCUT2D eigenvalue weighted by molar-refractivity contribution is 7.13. The standard InChI is InChI=1S/C16H18N2OS/c1-11-2-4-12(5-3-11)6-9-15(19)18-16-17-14(10-20-16)13-7-8-13/h2-5,10,13H,6-9H2,1H3,(H,17,18,19). The van der Waals surface area contributed by atoms with Crippen LogP contribution in [0.4, 0.5) is 5.13 Å². The molecule has 1 aromatic heterocycles. The summed E-state index contributed by atoms with van der Waals surface area (Å²) in [6, 6.07) is 8.32. The smallest absolute Gasteiger partial charge is 0.226 e. The number of anilines is 1. The Morgan fingerprint density at radius 2 is 2.10 bits per heavy atom. The Morgan fingerprint density at radius 1 is 1.35 bits per heavy atom. The molecule has 1 N–H and O–H groups in total. The molecule has 0 aliphatic heterocycles. The third-order valence-corrected chi connectivity index (χ3v) is 4.30. The molecule has 0 saturated heterocycles. The van der Waals surface area contributed by atoms with Crippen molar-refractivity contribution in [2.24, 2.45) is 0 Å². The quantitative estimate of drug-likeness (QED) is 0.905. The van der Waals surface area contributed by atoms with Crippen molar-refractivity contribution < 1.29 is 4.79 Å². The molecular weight excluding hydrogens is 268 g/mol. The normalized spacial score (nSPS) is 14.2. The van der Waals surface area contributed by atoms with Crippen molar-refractivity contribution in [1.82, 2.24) is 4.98 Å². The van der Waals surface area contributed by atoms with Gasteiger partial charge in [-0.3, -0.25) is 4.79 Å². The van der Waals surface area contributed by atoms with Crippen molar-refractivity contribution in [3.05, 3.63) is 46.5 Å². The first-order valence-electron chi connectivity index (χ1n) is 7.01. The average Bonchev–Trinajstić information content (AvgIpc) is 3.19. The van der Waals surface area contributed by atoms with Gasteiger partial charge in [0.15, 0.2) is 5.13 Å². The summed E-state index contributed by atoms with van der Waals surface area (Å²) in [4.78, 5) is 16.4. The molecule has 3 rings (SSSR count). The second-order valence-corrected chi connectivity index (χ2v) is 6.24. The minimum atomic E-state index is 0.0438. The van der Waals surface area contributed by atoms with Crippen LogP contribution in [0.25, 0.3) is 0 Å². The molecular formula is C16H18N2OS. The van der Waals surface area contributed by atoms with E-state index in [0.29, 0.717) is 12.3 Å². The fraction of sp³-hybridized carbons (Fsp3) is 0.375. The van der Waals surface area contributed by atoms with Crippen molar-refractivity contribution in [1.29, 1.82) is 0 Å². The lowest BCUT2D eigenvalue weighted by atomic mass is 10.1. The van der Waals surface area contributed by atoms with Gasteiger partial charge in [-0.25, -0.2) is 4.98 Å². The fourth-order valence-corrected chi connectivity index (χ4v) is 2.91. The van der Waals surface area contributed by atoms with E-state index in [1.165, 1.54) is 35.3 Å². The number of rotatable bonds is 5. The second kappa shape index (κ2) is 5.75. The minimum absolute atomic E-state index is 0.0438. The number of thiazole rings is 1. The third kappa shape index (κ3) is 3.45. The number of hydrogen-bond donors (Lipinski definition) is 1. The molecule has 104 valence electrons. The van der Waals surface area contributed by atoms with E-state index in [0.717, 1.165) is 17.2 Å². The van der Waals surface area contributed by atoms with Crippen molar-refractivity contribution >= 4 is 22.4 Å². The molecule has 1 heterocycles.